The lowest BCUT2D eigenvalue weighted by Crippen LogP contribution is -2.55. The lowest BCUT2D eigenvalue weighted by atomic mass is 9.99. The largest absolute Gasteiger partial charge is 0.313 e. The van der Waals surface area contributed by atoms with E-state index in [4.69, 9.17) is 5.73 Å². The van der Waals surface area contributed by atoms with Gasteiger partial charge in [-0.25, -0.2) is 4.39 Å². The van der Waals surface area contributed by atoms with Crippen molar-refractivity contribution in [2.75, 3.05) is 13.1 Å². The molecule has 0 saturated carbocycles. The molecule has 1 unspecified atom stereocenters. The molecule has 1 saturated heterocycles. The SMILES string of the molecule is CC(N)(Cc1ccccc1F)N1CCCCCC1. The van der Waals surface area contributed by atoms with Crippen LogP contribution in [-0.4, -0.2) is 23.7 Å². The van der Waals surface area contributed by atoms with Gasteiger partial charge in [0.2, 0.25) is 0 Å². The summed E-state index contributed by atoms with van der Waals surface area (Å²) in [6.07, 6.45) is 5.53. The van der Waals surface area contributed by atoms with Crippen LogP contribution in [0, 0.1) is 5.82 Å². The Morgan fingerprint density at radius 2 is 1.78 bits per heavy atom. The molecule has 2 rings (SSSR count). The molecule has 2 N–H and O–H groups in total. The smallest absolute Gasteiger partial charge is 0.126 e. The molecule has 0 spiro atoms. The molecule has 100 valence electrons. The maximum absolute atomic E-state index is 13.7. The zero-order valence-corrected chi connectivity index (χ0v) is 11.2. The normalized spacial score (nSPS) is 21.3. The number of halogens is 1. The van der Waals surface area contributed by atoms with Crippen LogP contribution in [-0.2, 0) is 6.42 Å². The highest BCUT2D eigenvalue weighted by molar-refractivity contribution is 5.19. The van der Waals surface area contributed by atoms with Crippen LogP contribution in [0.5, 0.6) is 0 Å². The van der Waals surface area contributed by atoms with Gasteiger partial charge in [0.25, 0.3) is 0 Å². The third-order valence-electron chi connectivity index (χ3n) is 3.83. The molecule has 0 aromatic heterocycles. The highest BCUT2D eigenvalue weighted by Gasteiger charge is 2.28. The number of nitrogens with two attached hydrogens (primary N) is 1. The second-order valence-corrected chi connectivity index (χ2v) is 5.53. The van der Waals surface area contributed by atoms with Gasteiger partial charge in [-0.1, -0.05) is 31.0 Å². The van der Waals surface area contributed by atoms with E-state index in [9.17, 15) is 4.39 Å². The molecule has 0 bridgehead atoms. The predicted molar refractivity (Wildman–Crippen MR) is 72.7 cm³/mol. The monoisotopic (exact) mass is 250 g/mol. The molecule has 1 aliphatic heterocycles. The third kappa shape index (κ3) is 3.30. The second-order valence-electron chi connectivity index (χ2n) is 5.53. The molecule has 1 heterocycles. The highest BCUT2D eigenvalue weighted by Crippen LogP contribution is 2.21. The first kappa shape index (κ1) is 13.5. The summed E-state index contributed by atoms with van der Waals surface area (Å²) in [5, 5.41) is 0. The van der Waals surface area contributed by atoms with Crippen LogP contribution in [0.15, 0.2) is 24.3 Å². The van der Waals surface area contributed by atoms with Crippen molar-refractivity contribution in [3.05, 3.63) is 35.6 Å². The van der Waals surface area contributed by atoms with Gasteiger partial charge in [0.15, 0.2) is 0 Å². The Morgan fingerprint density at radius 3 is 2.39 bits per heavy atom. The minimum absolute atomic E-state index is 0.149. The first-order chi connectivity index (χ1) is 8.59. The van der Waals surface area contributed by atoms with E-state index >= 15 is 0 Å². The number of hydrogen-bond acceptors (Lipinski definition) is 2. The number of rotatable bonds is 3. The van der Waals surface area contributed by atoms with E-state index in [1.165, 1.54) is 31.7 Å². The van der Waals surface area contributed by atoms with Gasteiger partial charge in [0.1, 0.15) is 5.82 Å². The number of nitrogens with zero attached hydrogens (tertiary/aromatic N) is 1. The van der Waals surface area contributed by atoms with Gasteiger partial charge in [-0.15, -0.1) is 0 Å². The Hall–Kier alpha value is -0.930. The van der Waals surface area contributed by atoms with Crippen LogP contribution in [0.3, 0.4) is 0 Å². The maximum Gasteiger partial charge on any atom is 0.126 e. The fraction of sp³-hybridized carbons (Fsp3) is 0.600. The van der Waals surface area contributed by atoms with E-state index in [0.29, 0.717) is 12.0 Å². The molecule has 1 fully saturated rings. The van der Waals surface area contributed by atoms with E-state index in [1.54, 1.807) is 6.07 Å². The molecule has 18 heavy (non-hydrogen) atoms. The van der Waals surface area contributed by atoms with Gasteiger partial charge in [-0.3, -0.25) is 4.90 Å². The zero-order chi connectivity index (χ0) is 13.0. The summed E-state index contributed by atoms with van der Waals surface area (Å²) in [5.41, 5.74) is 6.68. The highest BCUT2D eigenvalue weighted by atomic mass is 19.1. The van der Waals surface area contributed by atoms with Crippen molar-refractivity contribution in [3.63, 3.8) is 0 Å². The standard InChI is InChI=1S/C15H23FN2/c1-15(17,18-10-6-2-3-7-11-18)12-13-8-4-5-9-14(13)16/h4-5,8-9H,2-3,6-7,10-12,17H2,1H3. The summed E-state index contributed by atoms with van der Waals surface area (Å²) in [7, 11) is 0. The van der Waals surface area contributed by atoms with Crippen LogP contribution in [0.4, 0.5) is 4.39 Å². The van der Waals surface area contributed by atoms with Crippen molar-refractivity contribution < 1.29 is 4.39 Å². The van der Waals surface area contributed by atoms with E-state index in [0.717, 1.165) is 13.1 Å². The average Bonchev–Trinajstić information content (AvgIpc) is 2.61. The predicted octanol–water partition coefficient (Wildman–Crippen LogP) is 2.92. The lowest BCUT2D eigenvalue weighted by Gasteiger charge is -2.38. The van der Waals surface area contributed by atoms with Crippen molar-refractivity contribution >= 4 is 0 Å². The molecule has 1 aromatic rings. The van der Waals surface area contributed by atoms with E-state index < -0.39 is 5.66 Å². The lowest BCUT2D eigenvalue weighted by molar-refractivity contribution is 0.112. The fourth-order valence-electron chi connectivity index (χ4n) is 2.72. The molecule has 3 heteroatoms. The molecule has 1 aromatic carbocycles. The molecule has 2 nitrogen and oxygen atoms in total. The van der Waals surface area contributed by atoms with E-state index in [1.807, 2.05) is 19.1 Å². The maximum atomic E-state index is 13.7. The molecule has 1 atom stereocenters. The fourth-order valence-corrected chi connectivity index (χ4v) is 2.72. The van der Waals surface area contributed by atoms with Gasteiger partial charge in [0.05, 0.1) is 5.66 Å². The van der Waals surface area contributed by atoms with Gasteiger partial charge in [-0.05, 0) is 44.5 Å². The van der Waals surface area contributed by atoms with Crippen LogP contribution in [0.25, 0.3) is 0 Å². The topological polar surface area (TPSA) is 29.3 Å². The summed E-state index contributed by atoms with van der Waals surface area (Å²) < 4.78 is 13.7. The molecular weight excluding hydrogens is 227 g/mol. The van der Waals surface area contributed by atoms with Gasteiger partial charge >= 0.3 is 0 Å². The van der Waals surface area contributed by atoms with Gasteiger partial charge in [-0.2, -0.15) is 0 Å². The molecule has 1 aliphatic rings. The molecule has 0 amide bonds. The first-order valence-corrected chi connectivity index (χ1v) is 6.87. The number of benzene rings is 1. The molecule has 0 aliphatic carbocycles. The average molecular weight is 250 g/mol. The minimum atomic E-state index is -0.452. The summed E-state index contributed by atoms with van der Waals surface area (Å²) in [6.45, 7) is 4.08. The Kier molecular flexibility index (Phi) is 4.36. The van der Waals surface area contributed by atoms with Crippen LogP contribution < -0.4 is 5.73 Å². The Bertz CT molecular complexity index is 382. The Balaban J connectivity index is 2.08. The first-order valence-electron chi connectivity index (χ1n) is 6.87. The summed E-state index contributed by atoms with van der Waals surface area (Å²) >= 11 is 0. The second kappa shape index (κ2) is 5.81. The van der Waals surface area contributed by atoms with Crippen LogP contribution >= 0.6 is 0 Å². The van der Waals surface area contributed by atoms with Crippen molar-refractivity contribution in [1.82, 2.24) is 4.90 Å². The molecular formula is C15H23FN2. The molecule has 0 radical (unpaired) electrons. The van der Waals surface area contributed by atoms with Crippen LogP contribution in [0.2, 0.25) is 0 Å². The van der Waals surface area contributed by atoms with Gasteiger partial charge < -0.3 is 5.73 Å². The van der Waals surface area contributed by atoms with Crippen molar-refractivity contribution in [2.45, 2.75) is 44.7 Å². The number of likely N-dealkylation sites (tertiary alicyclic amines) is 1. The Morgan fingerprint density at radius 1 is 1.17 bits per heavy atom. The van der Waals surface area contributed by atoms with Crippen molar-refractivity contribution in [3.8, 4) is 0 Å². The van der Waals surface area contributed by atoms with E-state index in [-0.39, 0.29) is 5.82 Å². The quantitative estimate of drug-likeness (QED) is 0.893. The van der Waals surface area contributed by atoms with E-state index in [2.05, 4.69) is 4.90 Å². The summed E-state index contributed by atoms with van der Waals surface area (Å²) in [6, 6.07) is 6.93. The summed E-state index contributed by atoms with van der Waals surface area (Å²) in [5.74, 6) is -0.149. The van der Waals surface area contributed by atoms with Crippen molar-refractivity contribution in [2.24, 2.45) is 5.73 Å². The summed E-state index contributed by atoms with van der Waals surface area (Å²) in [4.78, 5) is 2.31. The van der Waals surface area contributed by atoms with Crippen molar-refractivity contribution in [1.29, 1.82) is 0 Å². The minimum Gasteiger partial charge on any atom is -0.313 e. The Labute approximate surface area is 109 Å². The number of hydrogen-bond donors (Lipinski definition) is 1. The van der Waals surface area contributed by atoms with Crippen LogP contribution in [0.1, 0.15) is 38.2 Å². The van der Waals surface area contributed by atoms with Gasteiger partial charge in [0, 0.05) is 6.42 Å². The third-order valence-corrected chi connectivity index (χ3v) is 3.83. The zero-order valence-electron chi connectivity index (χ0n) is 11.2.